The van der Waals surface area contributed by atoms with Gasteiger partial charge in [0.15, 0.2) is 17.5 Å². The molecule has 0 radical (unpaired) electrons. The van der Waals surface area contributed by atoms with E-state index < -0.39 is 0 Å². The lowest BCUT2D eigenvalue weighted by atomic mass is 10.1. The van der Waals surface area contributed by atoms with Crippen LogP contribution in [0.1, 0.15) is 24.2 Å². The molecule has 2 aromatic carbocycles. The van der Waals surface area contributed by atoms with Crippen molar-refractivity contribution in [2.75, 3.05) is 41.5 Å². The quantitative estimate of drug-likeness (QED) is 0.328. The van der Waals surface area contributed by atoms with Crippen LogP contribution in [0, 0.1) is 5.82 Å². The van der Waals surface area contributed by atoms with E-state index in [4.69, 9.17) is 18.9 Å². The first-order valence-electron chi connectivity index (χ1n) is 10.1. The van der Waals surface area contributed by atoms with E-state index >= 15 is 0 Å². The second-order valence-corrected chi connectivity index (χ2v) is 7.29. The molecule has 176 valence electrons. The molecule has 9 heteroatoms. The minimum Gasteiger partial charge on any atom is -0.493 e. The number of hydrogen-bond donors (Lipinski definition) is 1. The van der Waals surface area contributed by atoms with Gasteiger partial charge in [-0.25, -0.2) is 4.39 Å². The number of nitrogens with zero attached hydrogens (tertiary/aromatic N) is 2. The highest BCUT2D eigenvalue weighted by Gasteiger charge is 2.28. The molecule has 0 spiro atoms. The van der Waals surface area contributed by atoms with Crippen LogP contribution in [-0.4, -0.2) is 58.4 Å². The van der Waals surface area contributed by atoms with Crippen molar-refractivity contribution in [2.24, 2.45) is 4.99 Å². The van der Waals surface area contributed by atoms with Crippen molar-refractivity contribution >= 4 is 29.9 Å². The molecule has 2 atom stereocenters. The Bertz CT molecular complexity index is 911. The van der Waals surface area contributed by atoms with Gasteiger partial charge in [-0.2, -0.15) is 0 Å². The van der Waals surface area contributed by atoms with Crippen molar-refractivity contribution < 1.29 is 23.3 Å². The van der Waals surface area contributed by atoms with E-state index in [9.17, 15) is 4.39 Å². The zero-order valence-corrected chi connectivity index (χ0v) is 21.4. The lowest BCUT2D eigenvalue weighted by Crippen LogP contribution is -2.50. The van der Waals surface area contributed by atoms with Gasteiger partial charge in [-0.15, -0.1) is 24.0 Å². The maximum atomic E-state index is 13.3. The highest BCUT2D eigenvalue weighted by molar-refractivity contribution is 14.0. The summed E-state index contributed by atoms with van der Waals surface area (Å²) in [7, 11) is 6.53. The monoisotopic (exact) mass is 559 g/mol. The molecule has 0 amide bonds. The van der Waals surface area contributed by atoms with E-state index in [-0.39, 0.29) is 42.0 Å². The van der Waals surface area contributed by atoms with Gasteiger partial charge in [-0.3, -0.25) is 4.99 Å². The first kappa shape index (κ1) is 26.0. The summed E-state index contributed by atoms with van der Waals surface area (Å²) in [5, 5.41) is 3.40. The summed E-state index contributed by atoms with van der Waals surface area (Å²) < 4.78 is 35.8. The van der Waals surface area contributed by atoms with Gasteiger partial charge in [0.05, 0.1) is 34.0 Å². The molecule has 32 heavy (non-hydrogen) atoms. The second kappa shape index (κ2) is 12.1. The zero-order valence-electron chi connectivity index (χ0n) is 19.1. The van der Waals surface area contributed by atoms with E-state index in [0.717, 1.165) is 17.1 Å². The van der Waals surface area contributed by atoms with E-state index in [0.29, 0.717) is 36.9 Å². The van der Waals surface area contributed by atoms with Crippen LogP contribution in [0.5, 0.6) is 17.2 Å². The molecular weight excluding hydrogens is 528 g/mol. The third kappa shape index (κ3) is 5.94. The number of guanidine groups is 1. The molecule has 2 unspecified atom stereocenters. The molecule has 1 saturated heterocycles. The van der Waals surface area contributed by atoms with Crippen LogP contribution in [-0.2, 0) is 11.3 Å². The Labute approximate surface area is 205 Å². The molecule has 1 aliphatic rings. The minimum absolute atomic E-state index is 0. The van der Waals surface area contributed by atoms with Crippen molar-refractivity contribution in [2.45, 2.75) is 25.7 Å². The molecule has 7 nitrogen and oxygen atoms in total. The van der Waals surface area contributed by atoms with Crippen LogP contribution in [0.2, 0.25) is 0 Å². The predicted octanol–water partition coefficient (Wildman–Crippen LogP) is 4.01. The molecule has 0 aliphatic carbocycles. The molecule has 1 N–H and O–H groups in total. The summed E-state index contributed by atoms with van der Waals surface area (Å²) in [6.45, 7) is 3.82. The van der Waals surface area contributed by atoms with Gasteiger partial charge < -0.3 is 29.2 Å². The fraction of sp³-hybridized carbons (Fsp3) is 0.435. The Balaban J connectivity index is 0.00000363. The average molecular weight is 559 g/mol. The molecule has 3 rings (SSSR count). The van der Waals surface area contributed by atoms with Gasteiger partial charge in [0, 0.05) is 25.7 Å². The number of halogens is 2. The highest BCUT2D eigenvalue weighted by atomic mass is 127. The van der Waals surface area contributed by atoms with Gasteiger partial charge in [0.2, 0.25) is 5.75 Å². The Morgan fingerprint density at radius 2 is 1.75 bits per heavy atom. The fourth-order valence-corrected chi connectivity index (χ4v) is 3.79. The molecule has 0 bridgehead atoms. The Morgan fingerprint density at radius 1 is 1.06 bits per heavy atom. The number of morpholine rings is 1. The highest BCUT2D eigenvalue weighted by Crippen LogP contribution is 2.39. The molecule has 1 aliphatic heterocycles. The van der Waals surface area contributed by atoms with Crippen molar-refractivity contribution in [3.8, 4) is 17.2 Å². The molecule has 1 fully saturated rings. The van der Waals surface area contributed by atoms with Crippen LogP contribution in [0.3, 0.4) is 0 Å². The summed E-state index contributed by atoms with van der Waals surface area (Å²) in [5.74, 6) is 2.27. The molecular formula is C23H31FIN3O4. The number of ether oxygens (including phenoxy) is 4. The van der Waals surface area contributed by atoms with Gasteiger partial charge in [-0.1, -0.05) is 12.1 Å². The van der Waals surface area contributed by atoms with E-state index in [1.54, 1.807) is 40.5 Å². The largest absolute Gasteiger partial charge is 0.493 e. The van der Waals surface area contributed by atoms with Crippen LogP contribution in [0.15, 0.2) is 41.4 Å². The topological polar surface area (TPSA) is 64.6 Å². The summed E-state index contributed by atoms with van der Waals surface area (Å²) >= 11 is 0. The van der Waals surface area contributed by atoms with Gasteiger partial charge >= 0.3 is 0 Å². The first-order valence-corrected chi connectivity index (χ1v) is 10.1. The lowest BCUT2D eigenvalue weighted by molar-refractivity contribution is -0.0605. The van der Waals surface area contributed by atoms with Crippen molar-refractivity contribution in [1.29, 1.82) is 0 Å². The predicted molar refractivity (Wildman–Crippen MR) is 133 cm³/mol. The van der Waals surface area contributed by atoms with Crippen molar-refractivity contribution in [1.82, 2.24) is 10.2 Å². The molecule has 1 heterocycles. The fourth-order valence-electron chi connectivity index (χ4n) is 3.79. The number of methoxy groups -OCH3 is 3. The zero-order chi connectivity index (χ0) is 22.4. The lowest BCUT2D eigenvalue weighted by Gasteiger charge is -2.38. The summed E-state index contributed by atoms with van der Waals surface area (Å²) in [5.41, 5.74) is 1.85. The number of hydrogen-bond acceptors (Lipinski definition) is 5. The van der Waals surface area contributed by atoms with Crippen LogP contribution in [0.25, 0.3) is 0 Å². The smallest absolute Gasteiger partial charge is 0.203 e. The first-order chi connectivity index (χ1) is 15.0. The number of aliphatic imine (C=N–C) groups is 1. The third-order valence-corrected chi connectivity index (χ3v) is 5.24. The molecule has 2 aromatic rings. The molecule has 0 saturated carbocycles. The Morgan fingerprint density at radius 3 is 2.34 bits per heavy atom. The van der Waals surface area contributed by atoms with Crippen LogP contribution >= 0.6 is 24.0 Å². The van der Waals surface area contributed by atoms with Gasteiger partial charge in [-0.05, 0) is 36.8 Å². The van der Waals surface area contributed by atoms with Crippen LogP contribution < -0.4 is 19.5 Å². The van der Waals surface area contributed by atoms with E-state index in [2.05, 4.69) is 15.2 Å². The SMILES string of the molecule is CN=C(NCc1ccc(OC)c(OC)c1OC)N1CC(C)OC(c2ccc(F)cc2)C1.I. The maximum absolute atomic E-state index is 13.3. The number of nitrogens with one attached hydrogen (secondary N) is 1. The van der Waals surface area contributed by atoms with E-state index in [1.807, 2.05) is 19.1 Å². The summed E-state index contributed by atoms with van der Waals surface area (Å²) in [4.78, 5) is 6.60. The third-order valence-electron chi connectivity index (χ3n) is 5.24. The molecule has 0 aromatic heterocycles. The summed E-state index contributed by atoms with van der Waals surface area (Å²) in [6.07, 6.45) is -0.170. The number of benzene rings is 2. The Hall–Kier alpha value is -2.27. The average Bonchev–Trinajstić information content (AvgIpc) is 2.78. The van der Waals surface area contributed by atoms with E-state index in [1.165, 1.54) is 12.1 Å². The van der Waals surface area contributed by atoms with Crippen LogP contribution in [0.4, 0.5) is 4.39 Å². The summed E-state index contributed by atoms with van der Waals surface area (Å²) in [6, 6.07) is 10.2. The van der Waals surface area contributed by atoms with Crippen molar-refractivity contribution in [3.05, 3.63) is 53.3 Å². The Kier molecular flexibility index (Phi) is 9.83. The minimum atomic E-state index is -0.259. The second-order valence-electron chi connectivity index (χ2n) is 7.29. The van der Waals surface area contributed by atoms with Gasteiger partial charge in [0.25, 0.3) is 0 Å². The van der Waals surface area contributed by atoms with Gasteiger partial charge in [0.1, 0.15) is 11.9 Å². The standard InChI is InChI=1S/C23H30FN3O4.HI/c1-15-13-27(14-20(31-15)16-6-9-18(24)10-7-16)23(25-2)26-12-17-8-11-19(28-3)22(30-5)21(17)29-4;/h6-11,15,20H,12-14H2,1-5H3,(H,25,26);1H. The number of rotatable bonds is 6. The maximum Gasteiger partial charge on any atom is 0.203 e. The van der Waals surface area contributed by atoms with Crippen molar-refractivity contribution in [3.63, 3.8) is 0 Å². The normalized spacial score (nSPS) is 18.6.